The van der Waals surface area contributed by atoms with Gasteiger partial charge in [0.25, 0.3) is 0 Å². The Hall–Kier alpha value is -1.10. The van der Waals surface area contributed by atoms with E-state index in [1.165, 1.54) is 7.11 Å². The van der Waals surface area contributed by atoms with Crippen molar-refractivity contribution in [3.05, 3.63) is 0 Å². The van der Waals surface area contributed by atoms with E-state index in [9.17, 15) is 9.59 Å². The Morgan fingerprint density at radius 3 is 2.65 bits per heavy atom. The molecule has 2 unspecified atom stereocenters. The second-order valence-corrected chi connectivity index (χ2v) is 4.63. The first-order valence-corrected chi connectivity index (χ1v) is 6.03. The van der Waals surface area contributed by atoms with Crippen LogP contribution in [0.15, 0.2) is 0 Å². The second-order valence-electron chi connectivity index (χ2n) is 4.63. The van der Waals surface area contributed by atoms with Crippen LogP contribution < -0.4 is 5.32 Å². The lowest BCUT2D eigenvalue weighted by atomic mass is 9.95. The molecule has 0 spiro atoms. The average molecular weight is 243 g/mol. The molecule has 0 aromatic carbocycles. The van der Waals surface area contributed by atoms with Gasteiger partial charge in [0.05, 0.1) is 13.2 Å². The summed E-state index contributed by atoms with van der Waals surface area (Å²) in [6.45, 7) is 4.88. The number of esters is 1. The van der Waals surface area contributed by atoms with Crippen LogP contribution in [0, 0.1) is 11.8 Å². The Kier molecular flexibility index (Phi) is 5.41. The normalized spacial score (nSPS) is 21.3. The largest absolute Gasteiger partial charge is 0.468 e. The molecule has 1 rings (SSSR count). The third-order valence-corrected chi connectivity index (χ3v) is 2.93. The molecule has 0 aromatic heterocycles. The third-order valence-electron chi connectivity index (χ3n) is 2.93. The summed E-state index contributed by atoms with van der Waals surface area (Å²) in [5.74, 6) is -1.57. The molecule has 98 valence electrons. The van der Waals surface area contributed by atoms with E-state index in [1.807, 2.05) is 13.8 Å². The molecule has 2 atom stereocenters. The molecule has 0 aromatic rings. The predicted octanol–water partition coefficient (Wildman–Crippen LogP) is 0.727. The Bertz CT molecular complexity index is 272. The smallest absolute Gasteiger partial charge is 0.318 e. The van der Waals surface area contributed by atoms with Crippen molar-refractivity contribution in [3.63, 3.8) is 0 Å². The van der Waals surface area contributed by atoms with Crippen LogP contribution in [0.5, 0.6) is 0 Å². The Morgan fingerprint density at radius 1 is 1.47 bits per heavy atom. The predicted molar refractivity (Wildman–Crippen MR) is 62.3 cm³/mol. The van der Waals surface area contributed by atoms with Crippen LogP contribution in [0.4, 0.5) is 0 Å². The van der Waals surface area contributed by atoms with Gasteiger partial charge in [-0.3, -0.25) is 9.59 Å². The van der Waals surface area contributed by atoms with Crippen molar-refractivity contribution < 1.29 is 19.1 Å². The minimum absolute atomic E-state index is 0.0769. The number of carbonyl (C=O) groups excluding carboxylic acids is 2. The van der Waals surface area contributed by atoms with Gasteiger partial charge in [-0.1, -0.05) is 13.8 Å². The number of amides is 1. The van der Waals surface area contributed by atoms with Gasteiger partial charge in [0, 0.05) is 13.2 Å². The molecule has 1 saturated heterocycles. The zero-order chi connectivity index (χ0) is 12.8. The third kappa shape index (κ3) is 4.00. The van der Waals surface area contributed by atoms with Gasteiger partial charge in [-0.25, -0.2) is 0 Å². The van der Waals surface area contributed by atoms with Crippen LogP contribution in [-0.4, -0.2) is 38.2 Å². The highest BCUT2D eigenvalue weighted by Gasteiger charge is 2.31. The minimum atomic E-state index is -0.735. The van der Waals surface area contributed by atoms with Gasteiger partial charge in [0.1, 0.15) is 5.92 Å². The summed E-state index contributed by atoms with van der Waals surface area (Å²) in [6, 6.07) is 0. The van der Waals surface area contributed by atoms with E-state index in [-0.39, 0.29) is 17.9 Å². The maximum atomic E-state index is 11.9. The van der Waals surface area contributed by atoms with Crippen molar-refractivity contribution in [2.75, 3.05) is 20.3 Å². The van der Waals surface area contributed by atoms with Crippen molar-refractivity contribution in [3.8, 4) is 0 Å². The van der Waals surface area contributed by atoms with Crippen LogP contribution in [0.1, 0.15) is 26.7 Å². The highest BCUT2D eigenvalue weighted by Crippen LogP contribution is 2.14. The number of hydrogen-bond donors (Lipinski definition) is 1. The number of ether oxygens (including phenoxy) is 2. The van der Waals surface area contributed by atoms with Crippen LogP contribution >= 0.6 is 0 Å². The average Bonchev–Trinajstić information content (AvgIpc) is 2.78. The molecule has 0 aliphatic carbocycles. The first kappa shape index (κ1) is 14.0. The van der Waals surface area contributed by atoms with Gasteiger partial charge in [-0.05, 0) is 18.8 Å². The topological polar surface area (TPSA) is 64.6 Å². The molecule has 0 saturated carbocycles. The van der Waals surface area contributed by atoms with Crippen molar-refractivity contribution in [1.82, 2.24) is 5.32 Å². The highest BCUT2D eigenvalue weighted by atomic mass is 16.5. The molecule has 1 N–H and O–H groups in total. The lowest BCUT2D eigenvalue weighted by Gasteiger charge is -2.19. The van der Waals surface area contributed by atoms with E-state index in [0.29, 0.717) is 6.54 Å². The molecular weight excluding hydrogens is 222 g/mol. The van der Waals surface area contributed by atoms with E-state index in [4.69, 9.17) is 4.74 Å². The second kappa shape index (κ2) is 6.59. The first-order chi connectivity index (χ1) is 8.06. The summed E-state index contributed by atoms with van der Waals surface area (Å²) in [7, 11) is 1.30. The summed E-state index contributed by atoms with van der Waals surface area (Å²) >= 11 is 0. The Labute approximate surface area is 102 Å². The monoisotopic (exact) mass is 243 g/mol. The standard InChI is InChI=1S/C12H21NO4/c1-8(2)10(12(15)16-3)11(14)13-7-9-5-4-6-17-9/h8-10H,4-7H2,1-3H3,(H,13,14). The summed E-state index contributed by atoms with van der Waals surface area (Å²) in [4.78, 5) is 23.4. The van der Waals surface area contributed by atoms with Crippen LogP contribution in [0.2, 0.25) is 0 Å². The molecule has 1 aliphatic rings. The molecule has 5 heteroatoms. The zero-order valence-electron chi connectivity index (χ0n) is 10.7. The fraction of sp³-hybridized carbons (Fsp3) is 0.833. The van der Waals surface area contributed by atoms with Crippen molar-refractivity contribution in [2.24, 2.45) is 11.8 Å². The summed E-state index contributed by atoms with van der Waals surface area (Å²) < 4.78 is 10.0. The van der Waals surface area contributed by atoms with Gasteiger partial charge >= 0.3 is 5.97 Å². The summed E-state index contributed by atoms with van der Waals surface area (Å²) in [6.07, 6.45) is 2.08. The fourth-order valence-corrected chi connectivity index (χ4v) is 1.94. The van der Waals surface area contributed by atoms with E-state index in [0.717, 1.165) is 19.4 Å². The molecule has 5 nitrogen and oxygen atoms in total. The molecule has 17 heavy (non-hydrogen) atoms. The quantitative estimate of drug-likeness (QED) is 0.571. The van der Waals surface area contributed by atoms with Crippen LogP contribution in [-0.2, 0) is 19.1 Å². The molecule has 0 bridgehead atoms. The molecular formula is C12H21NO4. The molecule has 0 radical (unpaired) electrons. The van der Waals surface area contributed by atoms with E-state index in [2.05, 4.69) is 10.1 Å². The lowest BCUT2D eigenvalue weighted by Crippen LogP contribution is -2.41. The highest BCUT2D eigenvalue weighted by molar-refractivity contribution is 5.98. The summed E-state index contributed by atoms with van der Waals surface area (Å²) in [5.41, 5.74) is 0. The van der Waals surface area contributed by atoms with Gasteiger partial charge in [-0.15, -0.1) is 0 Å². The van der Waals surface area contributed by atoms with Crippen molar-refractivity contribution in [1.29, 1.82) is 0 Å². The van der Waals surface area contributed by atoms with Gasteiger partial charge < -0.3 is 14.8 Å². The van der Waals surface area contributed by atoms with Crippen LogP contribution in [0.3, 0.4) is 0 Å². The van der Waals surface area contributed by atoms with Crippen molar-refractivity contribution >= 4 is 11.9 Å². The molecule has 1 heterocycles. The van der Waals surface area contributed by atoms with Gasteiger partial charge in [0.2, 0.25) is 5.91 Å². The lowest BCUT2D eigenvalue weighted by molar-refractivity contribution is -0.152. The summed E-state index contributed by atoms with van der Waals surface area (Å²) in [5, 5.41) is 2.76. The van der Waals surface area contributed by atoms with Gasteiger partial charge in [-0.2, -0.15) is 0 Å². The first-order valence-electron chi connectivity index (χ1n) is 6.03. The number of methoxy groups -OCH3 is 1. The van der Waals surface area contributed by atoms with Crippen LogP contribution in [0.25, 0.3) is 0 Å². The molecule has 1 aliphatic heterocycles. The van der Waals surface area contributed by atoms with E-state index >= 15 is 0 Å². The SMILES string of the molecule is COC(=O)C(C(=O)NCC1CCCO1)C(C)C. The minimum Gasteiger partial charge on any atom is -0.468 e. The Morgan fingerprint density at radius 2 is 2.18 bits per heavy atom. The molecule has 1 fully saturated rings. The fourth-order valence-electron chi connectivity index (χ4n) is 1.94. The maximum absolute atomic E-state index is 11.9. The number of rotatable bonds is 5. The van der Waals surface area contributed by atoms with E-state index < -0.39 is 11.9 Å². The number of hydrogen-bond acceptors (Lipinski definition) is 4. The molecule has 1 amide bonds. The van der Waals surface area contributed by atoms with E-state index in [1.54, 1.807) is 0 Å². The Balaban J connectivity index is 2.44. The maximum Gasteiger partial charge on any atom is 0.318 e. The van der Waals surface area contributed by atoms with Crippen molar-refractivity contribution in [2.45, 2.75) is 32.8 Å². The van der Waals surface area contributed by atoms with Gasteiger partial charge in [0.15, 0.2) is 0 Å². The number of nitrogens with one attached hydrogen (secondary N) is 1. The zero-order valence-corrected chi connectivity index (χ0v) is 10.7. The number of carbonyl (C=O) groups is 2.